The first kappa shape index (κ1) is 24.3. The summed E-state index contributed by atoms with van der Waals surface area (Å²) in [5.74, 6) is 1.32. The number of carbonyl (C=O) groups excluding carboxylic acids is 1. The Bertz CT molecular complexity index is 1450. The largest absolute Gasteiger partial charge is 0.454 e. The highest BCUT2D eigenvalue weighted by atomic mass is 32.2. The first-order valence-corrected chi connectivity index (χ1v) is 13.4. The quantitative estimate of drug-likeness (QED) is 0.448. The van der Waals surface area contributed by atoms with Crippen molar-refractivity contribution in [1.29, 1.82) is 0 Å². The summed E-state index contributed by atoms with van der Waals surface area (Å²) in [6, 6.07) is 18.3. The average Bonchev–Trinajstić information content (AvgIpc) is 3.50. The second-order valence-corrected chi connectivity index (χ2v) is 12.2. The molecule has 1 fully saturated rings. The lowest BCUT2D eigenvalue weighted by Gasteiger charge is -2.20. The predicted molar refractivity (Wildman–Crippen MR) is 143 cm³/mol. The van der Waals surface area contributed by atoms with E-state index in [0.29, 0.717) is 17.2 Å². The van der Waals surface area contributed by atoms with Gasteiger partial charge >= 0.3 is 0 Å². The summed E-state index contributed by atoms with van der Waals surface area (Å²) in [4.78, 5) is 13.6. The molecule has 1 aliphatic carbocycles. The lowest BCUT2D eigenvalue weighted by molar-refractivity contribution is -0.118. The fraction of sp³-hybridized carbons (Fsp3) is 0.321. The van der Waals surface area contributed by atoms with E-state index in [1.807, 2.05) is 43.3 Å². The van der Waals surface area contributed by atoms with Gasteiger partial charge in [-0.3, -0.25) is 4.79 Å². The fourth-order valence-electron chi connectivity index (χ4n) is 4.50. The lowest BCUT2D eigenvalue weighted by Crippen LogP contribution is -2.40. The van der Waals surface area contributed by atoms with E-state index in [1.165, 1.54) is 0 Å². The van der Waals surface area contributed by atoms with Crippen LogP contribution in [-0.2, 0) is 20.2 Å². The summed E-state index contributed by atoms with van der Waals surface area (Å²) >= 11 is 0. The zero-order valence-corrected chi connectivity index (χ0v) is 21.7. The van der Waals surface area contributed by atoms with Crippen LogP contribution in [-0.4, -0.2) is 26.7 Å². The lowest BCUT2D eigenvalue weighted by atomic mass is 9.94. The Morgan fingerprint density at radius 3 is 2.31 bits per heavy atom. The van der Waals surface area contributed by atoms with Crippen molar-refractivity contribution in [3.63, 3.8) is 0 Å². The van der Waals surface area contributed by atoms with Gasteiger partial charge in [0.1, 0.15) is 0 Å². The Labute approximate surface area is 214 Å². The molecule has 1 heterocycles. The van der Waals surface area contributed by atoms with E-state index < -0.39 is 21.0 Å². The van der Waals surface area contributed by atoms with Crippen molar-refractivity contribution in [1.82, 2.24) is 4.72 Å². The molecule has 3 aromatic rings. The minimum Gasteiger partial charge on any atom is -0.454 e. The second kappa shape index (κ2) is 8.64. The number of carbonyl (C=O) groups is 1. The molecule has 0 atom stereocenters. The number of amides is 1. The van der Waals surface area contributed by atoms with Crippen molar-refractivity contribution in [2.24, 2.45) is 0 Å². The van der Waals surface area contributed by atoms with E-state index in [0.717, 1.165) is 35.1 Å². The third kappa shape index (κ3) is 4.70. The number of benzene rings is 3. The van der Waals surface area contributed by atoms with Gasteiger partial charge in [0.15, 0.2) is 11.5 Å². The Hall–Kier alpha value is -3.36. The minimum absolute atomic E-state index is 0. The number of ether oxygens (including phenoxy) is 2. The van der Waals surface area contributed by atoms with E-state index in [9.17, 15) is 13.2 Å². The highest BCUT2D eigenvalue weighted by Crippen LogP contribution is 2.51. The van der Waals surface area contributed by atoms with Crippen LogP contribution in [0.25, 0.3) is 11.1 Å². The number of sulfonamides is 1. The van der Waals surface area contributed by atoms with Crippen LogP contribution in [0.3, 0.4) is 0 Å². The molecule has 1 saturated carbocycles. The van der Waals surface area contributed by atoms with Gasteiger partial charge < -0.3 is 14.8 Å². The standard InChI is InChI=1S/C28H30N2O5S.2H2/c1-18-5-9-21(16-23(18)19-6-10-22(11-7-19)36(32,33)30-27(2,3)4)29-26(31)28(13-14-28)20-8-12-24-25(15-20)35-17-34-24;;/h5-12,15-16,30H,13-14,17H2,1-4H3,(H,29,31);2*1H. The molecule has 192 valence electrons. The zero-order chi connectivity index (χ0) is 25.7. The zero-order valence-electron chi connectivity index (χ0n) is 20.8. The van der Waals surface area contributed by atoms with Crippen LogP contribution in [0.1, 0.15) is 47.6 Å². The van der Waals surface area contributed by atoms with Crippen LogP contribution in [0.2, 0.25) is 0 Å². The molecule has 0 aromatic heterocycles. The normalized spacial score (nSPS) is 16.0. The van der Waals surface area contributed by atoms with Gasteiger partial charge in [-0.25, -0.2) is 13.1 Å². The van der Waals surface area contributed by atoms with Crippen LogP contribution in [0.5, 0.6) is 11.5 Å². The first-order valence-electron chi connectivity index (χ1n) is 11.9. The highest BCUT2D eigenvalue weighted by Gasteiger charge is 2.51. The summed E-state index contributed by atoms with van der Waals surface area (Å²) in [5.41, 5.74) is 3.30. The molecule has 0 unspecified atom stereocenters. The van der Waals surface area contributed by atoms with Crippen LogP contribution in [0.15, 0.2) is 65.6 Å². The van der Waals surface area contributed by atoms with Gasteiger partial charge in [-0.1, -0.05) is 24.3 Å². The molecule has 36 heavy (non-hydrogen) atoms. The van der Waals surface area contributed by atoms with Crippen LogP contribution >= 0.6 is 0 Å². The predicted octanol–water partition coefficient (Wildman–Crippen LogP) is 5.63. The smallest absolute Gasteiger partial charge is 0.241 e. The molecule has 0 bridgehead atoms. The molecule has 1 amide bonds. The summed E-state index contributed by atoms with van der Waals surface area (Å²) < 4.78 is 38.8. The maximum Gasteiger partial charge on any atom is 0.241 e. The number of nitrogens with one attached hydrogen (secondary N) is 2. The number of anilines is 1. The van der Waals surface area contributed by atoms with Gasteiger partial charge in [0.05, 0.1) is 10.3 Å². The molecule has 3 aromatic carbocycles. The Balaban J connectivity index is 0.00000200. The third-order valence-electron chi connectivity index (χ3n) is 6.52. The molecule has 2 N–H and O–H groups in total. The van der Waals surface area contributed by atoms with E-state index in [1.54, 1.807) is 45.0 Å². The van der Waals surface area contributed by atoms with E-state index in [-0.39, 0.29) is 20.4 Å². The molecule has 5 rings (SSSR count). The van der Waals surface area contributed by atoms with Crippen molar-refractivity contribution in [3.8, 4) is 22.6 Å². The third-order valence-corrected chi connectivity index (χ3v) is 8.30. The number of hydrogen-bond donors (Lipinski definition) is 2. The molecule has 8 heteroatoms. The topological polar surface area (TPSA) is 93.7 Å². The van der Waals surface area contributed by atoms with Crippen molar-refractivity contribution in [2.45, 2.75) is 56.4 Å². The van der Waals surface area contributed by atoms with Crippen LogP contribution in [0, 0.1) is 6.92 Å². The molecule has 0 saturated heterocycles. The number of fused-ring (bicyclic) bond motifs is 1. The fourth-order valence-corrected chi connectivity index (χ4v) is 5.92. The minimum atomic E-state index is -3.61. The number of hydrogen-bond acceptors (Lipinski definition) is 5. The first-order chi connectivity index (χ1) is 17.0. The van der Waals surface area contributed by atoms with Gasteiger partial charge in [-0.2, -0.15) is 0 Å². The van der Waals surface area contributed by atoms with Crippen molar-refractivity contribution >= 4 is 21.6 Å². The summed E-state index contributed by atoms with van der Waals surface area (Å²) in [7, 11) is -3.61. The summed E-state index contributed by atoms with van der Waals surface area (Å²) in [6.07, 6.45) is 1.55. The Kier molecular flexibility index (Phi) is 5.84. The van der Waals surface area contributed by atoms with E-state index in [2.05, 4.69) is 10.0 Å². The molecular formula is C28H34N2O5S. The molecule has 0 spiro atoms. The molecule has 2 aliphatic rings. The number of aryl methyl sites for hydroxylation is 1. The maximum atomic E-state index is 13.3. The molecule has 7 nitrogen and oxygen atoms in total. The number of rotatable bonds is 6. The van der Waals surface area contributed by atoms with Gasteiger partial charge in [-0.15, -0.1) is 0 Å². The monoisotopic (exact) mass is 510 g/mol. The van der Waals surface area contributed by atoms with E-state index >= 15 is 0 Å². The highest BCUT2D eigenvalue weighted by molar-refractivity contribution is 7.89. The van der Waals surface area contributed by atoms with E-state index in [4.69, 9.17) is 9.47 Å². The Morgan fingerprint density at radius 2 is 1.64 bits per heavy atom. The van der Waals surface area contributed by atoms with Gasteiger partial charge in [0.2, 0.25) is 22.7 Å². The van der Waals surface area contributed by atoms with Gasteiger partial charge in [0, 0.05) is 14.1 Å². The molecular weight excluding hydrogens is 476 g/mol. The summed E-state index contributed by atoms with van der Waals surface area (Å²) in [6.45, 7) is 7.60. The van der Waals surface area contributed by atoms with Crippen LogP contribution < -0.4 is 19.5 Å². The maximum absolute atomic E-state index is 13.3. The Morgan fingerprint density at radius 1 is 0.944 bits per heavy atom. The molecule has 0 radical (unpaired) electrons. The second-order valence-electron chi connectivity index (χ2n) is 10.5. The van der Waals surface area contributed by atoms with Gasteiger partial charge in [0.25, 0.3) is 0 Å². The summed E-state index contributed by atoms with van der Waals surface area (Å²) in [5, 5.41) is 3.09. The van der Waals surface area contributed by atoms with Crippen LogP contribution in [0.4, 0.5) is 5.69 Å². The molecule has 1 aliphatic heterocycles. The van der Waals surface area contributed by atoms with Crippen molar-refractivity contribution in [3.05, 3.63) is 71.8 Å². The van der Waals surface area contributed by atoms with Gasteiger partial charge in [-0.05, 0) is 99.2 Å². The average molecular weight is 511 g/mol. The van der Waals surface area contributed by atoms with Crippen molar-refractivity contribution < 1.29 is 25.5 Å². The van der Waals surface area contributed by atoms with Crippen molar-refractivity contribution in [2.75, 3.05) is 12.1 Å². The SMILES string of the molecule is Cc1ccc(NC(=O)C2(c3ccc4c(c3)OCO4)CC2)cc1-c1ccc(S(=O)(=O)NC(C)(C)C)cc1.[HH].[HH].